The van der Waals surface area contributed by atoms with Crippen LogP contribution in [0, 0.1) is 18.3 Å². The Hall–Kier alpha value is -0.520. The lowest BCUT2D eigenvalue weighted by atomic mass is 9.91. The zero-order valence-electron chi connectivity index (χ0n) is 9.16. The molecule has 0 aromatic heterocycles. The minimum atomic E-state index is -0.0867. The predicted molar refractivity (Wildman–Crippen MR) is 58.9 cm³/mol. The molecule has 1 saturated carbocycles. The molecule has 1 aliphatic rings. The lowest BCUT2D eigenvalue weighted by molar-refractivity contribution is 0.114. The van der Waals surface area contributed by atoms with Gasteiger partial charge < -0.3 is 10.4 Å². The molecule has 0 heterocycles. The van der Waals surface area contributed by atoms with Crippen LogP contribution in [-0.4, -0.2) is 23.3 Å². The molecule has 0 aliphatic heterocycles. The molecule has 0 spiro atoms. The summed E-state index contributed by atoms with van der Waals surface area (Å²) in [5.41, 5.74) is 0. The standard InChI is InChI=1S/C12H21NO/c1-4-12(9(2)3)13-10-5-7-11(14)8-6-10/h1,9-14H,5-8H2,2-3H3. The van der Waals surface area contributed by atoms with Crippen LogP contribution in [0.4, 0.5) is 0 Å². The van der Waals surface area contributed by atoms with Crippen LogP contribution in [0.1, 0.15) is 39.5 Å². The van der Waals surface area contributed by atoms with E-state index in [4.69, 9.17) is 6.42 Å². The van der Waals surface area contributed by atoms with Crippen LogP contribution in [0.2, 0.25) is 0 Å². The van der Waals surface area contributed by atoms with Crippen molar-refractivity contribution < 1.29 is 5.11 Å². The smallest absolute Gasteiger partial charge is 0.0712 e. The Morgan fingerprint density at radius 1 is 1.29 bits per heavy atom. The Labute approximate surface area is 87.1 Å². The molecule has 0 bridgehead atoms. The number of nitrogens with one attached hydrogen (secondary N) is 1. The number of hydrogen-bond donors (Lipinski definition) is 2. The number of aliphatic hydroxyl groups is 1. The molecule has 1 rings (SSSR count). The van der Waals surface area contributed by atoms with Crippen LogP contribution in [0.25, 0.3) is 0 Å². The van der Waals surface area contributed by atoms with Gasteiger partial charge in [-0.05, 0) is 31.6 Å². The Morgan fingerprint density at radius 3 is 2.29 bits per heavy atom. The molecule has 0 radical (unpaired) electrons. The first-order valence-electron chi connectivity index (χ1n) is 5.53. The van der Waals surface area contributed by atoms with Gasteiger partial charge >= 0.3 is 0 Å². The van der Waals surface area contributed by atoms with Crippen LogP contribution >= 0.6 is 0 Å². The van der Waals surface area contributed by atoms with E-state index in [2.05, 4.69) is 25.1 Å². The van der Waals surface area contributed by atoms with Crippen LogP contribution in [-0.2, 0) is 0 Å². The van der Waals surface area contributed by atoms with E-state index in [0.29, 0.717) is 12.0 Å². The third-order valence-corrected chi connectivity index (χ3v) is 2.96. The summed E-state index contributed by atoms with van der Waals surface area (Å²) in [4.78, 5) is 0. The van der Waals surface area contributed by atoms with Gasteiger partial charge in [-0.25, -0.2) is 0 Å². The number of aliphatic hydroxyl groups excluding tert-OH is 1. The molecule has 1 atom stereocenters. The summed E-state index contributed by atoms with van der Waals surface area (Å²) < 4.78 is 0. The Balaban J connectivity index is 2.33. The second-order valence-corrected chi connectivity index (χ2v) is 4.56. The summed E-state index contributed by atoms with van der Waals surface area (Å²) in [6, 6.07) is 0.678. The van der Waals surface area contributed by atoms with Gasteiger partial charge in [-0.15, -0.1) is 6.42 Å². The van der Waals surface area contributed by atoms with Gasteiger partial charge in [-0.2, -0.15) is 0 Å². The summed E-state index contributed by atoms with van der Waals surface area (Å²) >= 11 is 0. The fraction of sp³-hybridized carbons (Fsp3) is 0.833. The third kappa shape index (κ3) is 3.32. The van der Waals surface area contributed by atoms with E-state index in [1.165, 1.54) is 0 Å². The first kappa shape index (κ1) is 11.6. The normalized spacial score (nSPS) is 29.9. The molecular weight excluding hydrogens is 174 g/mol. The van der Waals surface area contributed by atoms with Crippen LogP contribution in [0.3, 0.4) is 0 Å². The average Bonchev–Trinajstić information content (AvgIpc) is 2.16. The molecule has 1 unspecified atom stereocenters. The van der Waals surface area contributed by atoms with E-state index in [1.807, 2.05) is 0 Å². The van der Waals surface area contributed by atoms with Gasteiger partial charge in [0.2, 0.25) is 0 Å². The zero-order valence-corrected chi connectivity index (χ0v) is 9.16. The van der Waals surface area contributed by atoms with Crippen molar-refractivity contribution in [1.82, 2.24) is 5.32 Å². The fourth-order valence-electron chi connectivity index (χ4n) is 1.93. The van der Waals surface area contributed by atoms with Gasteiger partial charge in [-0.1, -0.05) is 19.8 Å². The highest BCUT2D eigenvalue weighted by Gasteiger charge is 2.22. The number of hydrogen-bond acceptors (Lipinski definition) is 2. The van der Waals surface area contributed by atoms with Crippen molar-refractivity contribution >= 4 is 0 Å². The molecule has 0 saturated heterocycles. The fourth-order valence-corrected chi connectivity index (χ4v) is 1.93. The van der Waals surface area contributed by atoms with Crippen molar-refractivity contribution in [1.29, 1.82) is 0 Å². The molecule has 80 valence electrons. The summed E-state index contributed by atoms with van der Waals surface area (Å²) in [5.74, 6) is 3.26. The van der Waals surface area contributed by atoms with Crippen molar-refractivity contribution in [3.63, 3.8) is 0 Å². The van der Waals surface area contributed by atoms with E-state index in [9.17, 15) is 5.11 Å². The Kier molecular flexibility index (Phi) is 4.44. The van der Waals surface area contributed by atoms with Gasteiger partial charge in [0.1, 0.15) is 0 Å². The summed E-state index contributed by atoms with van der Waals surface area (Å²) in [5, 5.41) is 12.8. The van der Waals surface area contributed by atoms with E-state index in [0.717, 1.165) is 25.7 Å². The van der Waals surface area contributed by atoms with Crippen molar-refractivity contribution in [2.75, 3.05) is 0 Å². The maximum atomic E-state index is 9.36. The van der Waals surface area contributed by atoms with Gasteiger partial charge in [0.15, 0.2) is 0 Å². The molecular formula is C12H21NO. The molecule has 2 nitrogen and oxygen atoms in total. The quantitative estimate of drug-likeness (QED) is 0.669. The summed E-state index contributed by atoms with van der Waals surface area (Å²) in [6.45, 7) is 4.27. The lowest BCUT2D eigenvalue weighted by Gasteiger charge is -2.29. The largest absolute Gasteiger partial charge is 0.393 e. The first-order chi connectivity index (χ1) is 6.63. The van der Waals surface area contributed by atoms with E-state index in [-0.39, 0.29) is 12.1 Å². The molecule has 1 fully saturated rings. The third-order valence-electron chi connectivity index (χ3n) is 2.96. The Bertz CT molecular complexity index is 199. The highest BCUT2D eigenvalue weighted by atomic mass is 16.3. The first-order valence-corrected chi connectivity index (χ1v) is 5.53. The minimum absolute atomic E-state index is 0.0867. The molecule has 1 aliphatic carbocycles. The van der Waals surface area contributed by atoms with Crippen LogP contribution in [0.5, 0.6) is 0 Å². The van der Waals surface area contributed by atoms with Crippen molar-refractivity contribution in [3.05, 3.63) is 0 Å². The summed E-state index contributed by atoms with van der Waals surface area (Å²) in [6.07, 6.45) is 9.28. The topological polar surface area (TPSA) is 32.3 Å². The highest BCUT2D eigenvalue weighted by molar-refractivity contribution is 5.01. The van der Waals surface area contributed by atoms with Gasteiger partial charge in [-0.3, -0.25) is 0 Å². The monoisotopic (exact) mass is 195 g/mol. The molecule has 0 aromatic rings. The van der Waals surface area contributed by atoms with Crippen LogP contribution in [0.15, 0.2) is 0 Å². The van der Waals surface area contributed by atoms with Crippen molar-refractivity contribution in [2.45, 2.75) is 57.7 Å². The molecule has 0 aromatic carbocycles. The van der Waals surface area contributed by atoms with Crippen molar-refractivity contribution in [2.24, 2.45) is 5.92 Å². The zero-order chi connectivity index (χ0) is 10.6. The van der Waals surface area contributed by atoms with Gasteiger partial charge in [0.25, 0.3) is 0 Å². The molecule has 2 N–H and O–H groups in total. The SMILES string of the molecule is C#CC(NC1CCC(O)CC1)C(C)C. The molecule has 2 heteroatoms. The van der Waals surface area contributed by atoms with E-state index in [1.54, 1.807) is 0 Å². The number of rotatable bonds is 3. The van der Waals surface area contributed by atoms with Gasteiger partial charge in [0.05, 0.1) is 12.1 Å². The maximum Gasteiger partial charge on any atom is 0.0712 e. The molecule has 14 heavy (non-hydrogen) atoms. The minimum Gasteiger partial charge on any atom is -0.393 e. The summed E-state index contributed by atoms with van der Waals surface area (Å²) in [7, 11) is 0. The number of terminal acetylenes is 1. The average molecular weight is 195 g/mol. The second-order valence-electron chi connectivity index (χ2n) is 4.56. The van der Waals surface area contributed by atoms with Gasteiger partial charge in [0, 0.05) is 6.04 Å². The van der Waals surface area contributed by atoms with E-state index >= 15 is 0 Å². The highest BCUT2D eigenvalue weighted by Crippen LogP contribution is 2.19. The van der Waals surface area contributed by atoms with Crippen molar-refractivity contribution in [3.8, 4) is 12.3 Å². The maximum absolute atomic E-state index is 9.36. The van der Waals surface area contributed by atoms with Crippen LogP contribution < -0.4 is 5.32 Å². The molecule has 0 amide bonds. The Morgan fingerprint density at radius 2 is 1.86 bits per heavy atom. The predicted octanol–water partition coefficient (Wildman–Crippen LogP) is 1.54. The van der Waals surface area contributed by atoms with E-state index < -0.39 is 0 Å². The lowest BCUT2D eigenvalue weighted by Crippen LogP contribution is -2.43. The second kappa shape index (κ2) is 5.38.